The quantitative estimate of drug-likeness (QED) is 0.670. The number of amides is 1. The average Bonchev–Trinajstić information content (AvgIpc) is 3.27. The highest BCUT2D eigenvalue weighted by molar-refractivity contribution is 8.02. The summed E-state index contributed by atoms with van der Waals surface area (Å²) in [4.78, 5) is 12.2. The molecule has 0 saturated carbocycles. The predicted molar refractivity (Wildman–Crippen MR) is 96.5 cm³/mol. The molecule has 0 unspecified atom stereocenters. The molecule has 0 radical (unpaired) electrons. The van der Waals surface area contributed by atoms with Crippen LogP contribution in [-0.4, -0.2) is 47.3 Å². The maximum Gasteiger partial charge on any atom is 0.233 e. The molecule has 1 fully saturated rings. The summed E-state index contributed by atoms with van der Waals surface area (Å²) in [6, 6.07) is 3.38. The largest absolute Gasteiger partial charge is 0.467 e. The van der Waals surface area contributed by atoms with Crippen molar-refractivity contribution in [3.05, 3.63) is 24.2 Å². The van der Waals surface area contributed by atoms with E-state index in [-0.39, 0.29) is 28.7 Å². The molecule has 8 nitrogen and oxygen atoms in total. The van der Waals surface area contributed by atoms with Gasteiger partial charge in [0.1, 0.15) is 5.76 Å². The zero-order valence-corrected chi connectivity index (χ0v) is 15.9. The maximum atomic E-state index is 12.2. The molecule has 2 aromatic heterocycles. The molecule has 0 aliphatic carbocycles. The lowest BCUT2D eigenvalue weighted by atomic mass is 10.2. The Labute approximate surface area is 153 Å². The molecule has 1 aliphatic heterocycles. The second kappa shape index (κ2) is 7.75. The van der Waals surface area contributed by atoms with Crippen molar-refractivity contribution in [1.29, 1.82) is 0 Å². The monoisotopic (exact) mass is 402 g/mol. The van der Waals surface area contributed by atoms with Crippen LogP contribution in [0.1, 0.15) is 19.1 Å². The third-order valence-corrected chi connectivity index (χ3v) is 7.46. The minimum absolute atomic E-state index is 0.0236. The molecule has 2 atom stereocenters. The molecule has 0 bridgehead atoms. The van der Waals surface area contributed by atoms with Crippen molar-refractivity contribution in [3.8, 4) is 0 Å². The standard InChI is InChI=1S/C14H18N4O4S3/c1-9(12(19)16-10-4-6-25(20,21)8-10)23-14-18-17-13(24-14)15-7-11-3-2-5-22-11/h2-3,5,9-10H,4,6-8H2,1H3,(H,15,17)(H,16,19)/t9-,10-/m1/s1. The molecule has 0 spiro atoms. The van der Waals surface area contributed by atoms with E-state index in [9.17, 15) is 13.2 Å². The first kappa shape index (κ1) is 18.2. The second-order valence-electron chi connectivity index (χ2n) is 5.67. The second-order valence-corrected chi connectivity index (χ2v) is 10.5. The zero-order valence-electron chi connectivity index (χ0n) is 13.5. The maximum absolute atomic E-state index is 12.2. The number of carbonyl (C=O) groups is 1. The molecule has 25 heavy (non-hydrogen) atoms. The number of rotatable bonds is 7. The van der Waals surface area contributed by atoms with E-state index in [0.717, 1.165) is 5.76 Å². The molecule has 0 aromatic carbocycles. The molecule has 2 aromatic rings. The van der Waals surface area contributed by atoms with Gasteiger partial charge in [0.15, 0.2) is 14.2 Å². The summed E-state index contributed by atoms with van der Waals surface area (Å²) in [5, 5.41) is 14.3. The van der Waals surface area contributed by atoms with E-state index in [1.165, 1.54) is 23.1 Å². The van der Waals surface area contributed by atoms with Gasteiger partial charge in [-0.15, -0.1) is 10.2 Å². The summed E-state index contributed by atoms with van der Waals surface area (Å²) < 4.78 is 28.8. The van der Waals surface area contributed by atoms with Crippen LogP contribution < -0.4 is 10.6 Å². The molecule has 1 aliphatic rings. The lowest BCUT2D eigenvalue weighted by Crippen LogP contribution is -2.39. The molecule has 3 heterocycles. The van der Waals surface area contributed by atoms with E-state index in [2.05, 4.69) is 20.8 Å². The number of hydrogen-bond donors (Lipinski definition) is 2. The molecule has 2 N–H and O–H groups in total. The van der Waals surface area contributed by atoms with Crippen LogP contribution >= 0.6 is 23.1 Å². The van der Waals surface area contributed by atoms with Crippen molar-refractivity contribution in [2.45, 2.75) is 35.5 Å². The van der Waals surface area contributed by atoms with Crippen LogP contribution in [0.5, 0.6) is 0 Å². The van der Waals surface area contributed by atoms with Crippen LogP contribution in [0.4, 0.5) is 5.13 Å². The highest BCUT2D eigenvalue weighted by Crippen LogP contribution is 2.29. The number of anilines is 1. The summed E-state index contributed by atoms with van der Waals surface area (Å²) in [6.07, 6.45) is 2.08. The number of thioether (sulfide) groups is 1. The summed E-state index contributed by atoms with van der Waals surface area (Å²) in [5.74, 6) is 0.771. The molecule has 3 rings (SSSR count). The van der Waals surface area contributed by atoms with Crippen molar-refractivity contribution < 1.29 is 17.6 Å². The Kier molecular flexibility index (Phi) is 5.64. The van der Waals surface area contributed by atoms with Gasteiger partial charge in [0, 0.05) is 6.04 Å². The summed E-state index contributed by atoms with van der Waals surface area (Å²) in [6.45, 7) is 2.28. The van der Waals surface area contributed by atoms with E-state index in [1.54, 1.807) is 13.2 Å². The highest BCUT2D eigenvalue weighted by atomic mass is 32.2. The van der Waals surface area contributed by atoms with Gasteiger partial charge in [-0.1, -0.05) is 23.1 Å². The molecular weight excluding hydrogens is 384 g/mol. The van der Waals surface area contributed by atoms with Gasteiger partial charge in [-0.2, -0.15) is 0 Å². The smallest absolute Gasteiger partial charge is 0.233 e. The van der Waals surface area contributed by atoms with Gasteiger partial charge in [-0.25, -0.2) is 8.42 Å². The van der Waals surface area contributed by atoms with E-state index in [4.69, 9.17) is 4.42 Å². The van der Waals surface area contributed by atoms with Crippen molar-refractivity contribution in [1.82, 2.24) is 15.5 Å². The van der Waals surface area contributed by atoms with Gasteiger partial charge in [0.25, 0.3) is 0 Å². The lowest BCUT2D eigenvalue weighted by Gasteiger charge is -2.14. The van der Waals surface area contributed by atoms with Crippen molar-refractivity contribution >= 4 is 44.0 Å². The van der Waals surface area contributed by atoms with Crippen LogP contribution in [0.3, 0.4) is 0 Å². The van der Waals surface area contributed by atoms with Crippen molar-refractivity contribution in [2.24, 2.45) is 0 Å². The fourth-order valence-electron chi connectivity index (χ4n) is 2.34. The first-order valence-electron chi connectivity index (χ1n) is 7.68. The fourth-order valence-corrected chi connectivity index (χ4v) is 5.91. The Morgan fingerprint density at radius 1 is 1.52 bits per heavy atom. The number of carbonyl (C=O) groups excluding carboxylic acids is 1. The molecule has 136 valence electrons. The van der Waals surface area contributed by atoms with Gasteiger partial charge in [0.2, 0.25) is 11.0 Å². The van der Waals surface area contributed by atoms with Gasteiger partial charge in [-0.05, 0) is 25.5 Å². The zero-order chi connectivity index (χ0) is 17.9. The normalized spacial score (nSPS) is 20.3. The SMILES string of the molecule is C[C@@H](Sc1nnc(NCc2ccco2)s1)C(=O)N[C@@H]1CCS(=O)(=O)C1. The van der Waals surface area contributed by atoms with Crippen molar-refractivity contribution in [3.63, 3.8) is 0 Å². The van der Waals surface area contributed by atoms with Crippen LogP contribution in [-0.2, 0) is 21.2 Å². The topological polar surface area (TPSA) is 114 Å². The predicted octanol–water partition coefficient (Wildman–Crippen LogP) is 1.53. The Morgan fingerprint density at radius 3 is 3.04 bits per heavy atom. The first-order chi connectivity index (χ1) is 11.9. The number of aromatic nitrogens is 2. The Hall–Kier alpha value is -1.59. The minimum atomic E-state index is -3.01. The number of furan rings is 1. The third-order valence-electron chi connectivity index (χ3n) is 3.63. The molecule has 1 saturated heterocycles. The van der Waals surface area contributed by atoms with E-state index in [0.29, 0.717) is 22.4 Å². The van der Waals surface area contributed by atoms with Crippen LogP contribution in [0.2, 0.25) is 0 Å². The fraction of sp³-hybridized carbons (Fsp3) is 0.500. The number of nitrogens with one attached hydrogen (secondary N) is 2. The Morgan fingerprint density at radius 2 is 2.36 bits per heavy atom. The first-order valence-corrected chi connectivity index (χ1v) is 11.2. The van der Waals surface area contributed by atoms with Crippen molar-refractivity contribution in [2.75, 3.05) is 16.8 Å². The molecule has 1 amide bonds. The van der Waals surface area contributed by atoms with Crippen LogP contribution in [0, 0.1) is 0 Å². The Balaban J connectivity index is 1.47. The van der Waals surface area contributed by atoms with E-state index in [1.807, 2.05) is 12.1 Å². The third kappa shape index (κ3) is 5.19. The van der Waals surface area contributed by atoms with Gasteiger partial charge in [-0.3, -0.25) is 4.79 Å². The van der Waals surface area contributed by atoms with Gasteiger partial charge in [0.05, 0.1) is 29.6 Å². The van der Waals surface area contributed by atoms with E-state index >= 15 is 0 Å². The number of hydrogen-bond acceptors (Lipinski definition) is 9. The summed E-state index contributed by atoms with van der Waals surface area (Å²) in [5.41, 5.74) is 0. The van der Waals surface area contributed by atoms with E-state index < -0.39 is 9.84 Å². The highest BCUT2D eigenvalue weighted by Gasteiger charge is 2.30. The lowest BCUT2D eigenvalue weighted by molar-refractivity contribution is -0.120. The number of sulfone groups is 1. The summed E-state index contributed by atoms with van der Waals surface area (Å²) >= 11 is 2.65. The summed E-state index contributed by atoms with van der Waals surface area (Å²) in [7, 11) is -3.01. The molecule has 11 heteroatoms. The van der Waals surface area contributed by atoms with Crippen LogP contribution in [0.15, 0.2) is 27.2 Å². The van der Waals surface area contributed by atoms with Gasteiger partial charge < -0.3 is 15.1 Å². The number of nitrogens with zero attached hydrogens (tertiary/aromatic N) is 2. The minimum Gasteiger partial charge on any atom is -0.467 e. The molecular formula is C14H18N4O4S3. The van der Waals surface area contributed by atoms with Gasteiger partial charge >= 0.3 is 0 Å². The average molecular weight is 403 g/mol. The Bertz CT molecular complexity index is 819. The van der Waals surface area contributed by atoms with Crippen LogP contribution in [0.25, 0.3) is 0 Å².